The molecule has 0 aliphatic rings. The van der Waals surface area contributed by atoms with E-state index in [-0.39, 0.29) is 18.8 Å². The Balaban J connectivity index is 2.26. The minimum Gasteiger partial charge on any atom is -0.462 e. The number of unbranched alkanes of at least 4 members (excludes halogenated alkanes) is 26. The molecule has 1 aromatic carbocycles. The minimum absolute atomic E-state index is 0.0933. The summed E-state index contributed by atoms with van der Waals surface area (Å²) in [4.78, 5) is 25.3. The number of esters is 2. The Morgan fingerprint density at radius 3 is 1.20 bits per heavy atom. The van der Waals surface area contributed by atoms with Gasteiger partial charge >= 0.3 is 11.9 Å². The van der Waals surface area contributed by atoms with E-state index < -0.39 is 32.5 Å². The second-order valence-corrected chi connectivity index (χ2v) is 16.4. The van der Waals surface area contributed by atoms with Gasteiger partial charge in [0, 0.05) is 0 Å². The Morgan fingerprint density at radius 2 is 0.833 bits per heavy atom. The van der Waals surface area contributed by atoms with Gasteiger partial charge in [-0.05, 0) is 76.3 Å². The predicted octanol–water partition coefficient (Wildman–Crippen LogP) is 14.1. The highest BCUT2D eigenvalue weighted by atomic mass is 32.2. The third kappa shape index (κ3) is 27.2. The van der Waals surface area contributed by atoms with Crippen molar-refractivity contribution in [1.29, 1.82) is 0 Å². The number of carbonyl (C=O) groups is 2. The van der Waals surface area contributed by atoms with Crippen LogP contribution in [-0.2, 0) is 19.6 Å². The van der Waals surface area contributed by atoms with Gasteiger partial charge in [0.25, 0.3) is 10.1 Å². The van der Waals surface area contributed by atoms with Crippen LogP contribution in [-0.4, -0.2) is 38.1 Å². The standard InChI is InChI=1S/C46H78O7S/c1-3-5-7-9-11-13-15-17-19-21-23-25-27-29-31-33-35-40-52-45(47)42-38-37-39-43(54(49,50)51)44(42)46(48)53-41-36-34-32-30-28-26-24-22-20-18-16-14-12-10-8-6-4-2/h23-26,37-39H,3-22,27-36,40-41H2,1-2H3,(H,49,50,51)/b25-23+,26-24+. The van der Waals surface area contributed by atoms with Crippen molar-refractivity contribution < 1.29 is 32.0 Å². The van der Waals surface area contributed by atoms with Crippen molar-refractivity contribution in [1.82, 2.24) is 0 Å². The highest BCUT2D eigenvalue weighted by Crippen LogP contribution is 2.23. The molecule has 0 spiro atoms. The van der Waals surface area contributed by atoms with Crippen LogP contribution in [0.2, 0.25) is 0 Å². The van der Waals surface area contributed by atoms with E-state index >= 15 is 0 Å². The van der Waals surface area contributed by atoms with E-state index in [4.69, 9.17) is 9.47 Å². The number of allylic oxidation sites excluding steroid dienone is 4. The lowest BCUT2D eigenvalue weighted by Gasteiger charge is -2.13. The van der Waals surface area contributed by atoms with Crippen molar-refractivity contribution >= 4 is 22.1 Å². The first kappa shape index (κ1) is 49.6. The lowest BCUT2D eigenvalue weighted by atomic mass is 10.1. The summed E-state index contributed by atoms with van der Waals surface area (Å²) in [5.74, 6) is -1.77. The molecule has 0 bridgehead atoms. The van der Waals surface area contributed by atoms with Crippen molar-refractivity contribution in [3.63, 3.8) is 0 Å². The average Bonchev–Trinajstić information content (AvgIpc) is 3.16. The third-order valence-electron chi connectivity index (χ3n) is 10.0. The Labute approximate surface area is 331 Å². The summed E-state index contributed by atoms with van der Waals surface area (Å²) < 4.78 is 44.8. The topological polar surface area (TPSA) is 107 Å². The number of carbonyl (C=O) groups excluding carboxylic acids is 2. The van der Waals surface area contributed by atoms with Crippen LogP contribution in [0, 0.1) is 0 Å². The molecule has 0 saturated heterocycles. The quantitative estimate of drug-likeness (QED) is 0.0310. The molecule has 0 heterocycles. The molecule has 1 rings (SSSR count). The van der Waals surface area contributed by atoms with Crippen molar-refractivity contribution in [2.45, 2.75) is 211 Å². The fraction of sp³-hybridized carbons (Fsp3) is 0.739. The fourth-order valence-corrected chi connectivity index (χ4v) is 7.36. The molecule has 8 heteroatoms. The predicted molar refractivity (Wildman–Crippen MR) is 225 cm³/mol. The van der Waals surface area contributed by atoms with Gasteiger partial charge in [-0.3, -0.25) is 4.55 Å². The minimum atomic E-state index is -4.77. The van der Waals surface area contributed by atoms with Gasteiger partial charge in [-0.2, -0.15) is 8.42 Å². The number of rotatable bonds is 37. The molecule has 0 aliphatic carbocycles. The summed E-state index contributed by atoms with van der Waals surface area (Å²) in [6, 6.07) is 3.74. The zero-order chi connectivity index (χ0) is 39.4. The van der Waals surface area contributed by atoms with E-state index in [0.29, 0.717) is 12.8 Å². The van der Waals surface area contributed by atoms with Gasteiger partial charge < -0.3 is 9.47 Å². The summed E-state index contributed by atoms with van der Waals surface area (Å²) in [6.07, 6.45) is 44.9. The Hall–Kier alpha value is -2.45. The summed E-state index contributed by atoms with van der Waals surface area (Å²) in [5.41, 5.74) is -0.697. The fourth-order valence-electron chi connectivity index (χ4n) is 6.66. The smallest absolute Gasteiger partial charge is 0.340 e. The highest BCUT2D eigenvalue weighted by molar-refractivity contribution is 7.86. The molecule has 0 saturated carbocycles. The highest BCUT2D eigenvalue weighted by Gasteiger charge is 2.28. The van der Waals surface area contributed by atoms with E-state index in [1.165, 1.54) is 128 Å². The number of hydrogen-bond acceptors (Lipinski definition) is 6. The van der Waals surface area contributed by atoms with Crippen LogP contribution in [0.3, 0.4) is 0 Å². The molecular weight excluding hydrogens is 697 g/mol. The molecule has 0 fully saturated rings. The van der Waals surface area contributed by atoms with Gasteiger partial charge in [0.05, 0.1) is 24.3 Å². The first-order chi connectivity index (χ1) is 26.3. The largest absolute Gasteiger partial charge is 0.462 e. The zero-order valence-corrected chi connectivity index (χ0v) is 35.3. The van der Waals surface area contributed by atoms with Gasteiger partial charge in [-0.1, -0.05) is 173 Å². The van der Waals surface area contributed by atoms with Crippen LogP contribution in [0.4, 0.5) is 0 Å². The molecule has 54 heavy (non-hydrogen) atoms. The maximum atomic E-state index is 13.0. The number of hydrogen-bond donors (Lipinski definition) is 1. The van der Waals surface area contributed by atoms with Crippen molar-refractivity contribution in [3.8, 4) is 0 Å². The normalized spacial score (nSPS) is 11.9. The van der Waals surface area contributed by atoms with Crippen LogP contribution in [0.15, 0.2) is 47.4 Å². The van der Waals surface area contributed by atoms with Crippen LogP contribution in [0.5, 0.6) is 0 Å². The Morgan fingerprint density at radius 1 is 0.500 bits per heavy atom. The van der Waals surface area contributed by atoms with Crippen LogP contribution >= 0.6 is 0 Å². The molecule has 1 N–H and O–H groups in total. The average molecular weight is 775 g/mol. The molecule has 1 aromatic rings. The third-order valence-corrected chi connectivity index (χ3v) is 10.9. The van der Waals surface area contributed by atoms with Gasteiger partial charge in [-0.15, -0.1) is 0 Å². The van der Waals surface area contributed by atoms with Crippen LogP contribution < -0.4 is 0 Å². The zero-order valence-electron chi connectivity index (χ0n) is 34.5. The van der Waals surface area contributed by atoms with Crippen LogP contribution in [0.25, 0.3) is 0 Å². The van der Waals surface area contributed by atoms with E-state index in [1.807, 2.05) is 0 Å². The van der Waals surface area contributed by atoms with Gasteiger partial charge in [0.1, 0.15) is 4.90 Å². The molecule has 0 aliphatic heterocycles. The maximum absolute atomic E-state index is 13.0. The van der Waals surface area contributed by atoms with Gasteiger partial charge in [0.2, 0.25) is 0 Å². The lowest BCUT2D eigenvalue weighted by Crippen LogP contribution is -2.19. The second-order valence-electron chi connectivity index (χ2n) is 15.0. The first-order valence-electron chi connectivity index (χ1n) is 22.1. The SMILES string of the molecule is CCCCCCCCCCC/C=C/CCCCCCOC(=O)c1cccc(S(=O)(=O)O)c1C(=O)OCCCCCC/C=C/CCCCCCCCCCC. The van der Waals surface area contributed by atoms with E-state index in [1.54, 1.807) is 0 Å². The summed E-state index contributed by atoms with van der Waals surface area (Å²) >= 11 is 0. The van der Waals surface area contributed by atoms with Crippen LogP contribution in [0.1, 0.15) is 227 Å². The summed E-state index contributed by atoms with van der Waals surface area (Å²) in [5, 5.41) is 0. The molecule has 0 unspecified atom stereocenters. The van der Waals surface area contributed by atoms with Crippen molar-refractivity contribution in [2.75, 3.05) is 13.2 Å². The first-order valence-corrected chi connectivity index (χ1v) is 23.5. The molecule has 310 valence electrons. The Bertz CT molecular complexity index is 1240. The van der Waals surface area contributed by atoms with Crippen molar-refractivity contribution in [2.24, 2.45) is 0 Å². The molecule has 0 radical (unpaired) electrons. The lowest BCUT2D eigenvalue weighted by molar-refractivity contribution is 0.0446. The van der Waals surface area contributed by atoms with E-state index in [0.717, 1.165) is 70.3 Å². The second kappa shape index (κ2) is 35.0. The molecule has 0 aromatic heterocycles. The molecule has 0 amide bonds. The van der Waals surface area contributed by atoms with E-state index in [9.17, 15) is 22.6 Å². The summed E-state index contributed by atoms with van der Waals surface area (Å²) in [7, 11) is -4.77. The number of ether oxygens (including phenoxy) is 2. The van der Waals surface area contributed by atoms with Gasteiger partial charge in [0.15, 0.2) is 0 Å². The van der Waals surface area contributed by atoms with E-state index in [2.05, 4.69) is 38.2 Å². The van der Waals surface area contributed by atoms with Gasteiger partial charge in [-0.25, -0.2) is 9.59 Å². The maximum Gasteiger partial charge on any atom is 0.340 e. The summed E-state index contributed by atoms with van der Waals surface area (Å²) in [6.45, 7) is 4.77. The monoisotopic (exact) mass is 775 g/mol. The molecule has 7 nitrogen and oxygen atoms in total. The Kier molecular flexibility index (Phi) is 32.1. The molecule has 0 atom stereocenters. The van der Waals surface area contributed by atoms with Crippen molar-refractivity contribution in [3.05, 3.63) is 53.6 Å². The number of benzene rings is 1. The molecular formula is C46H78O7S.